The fourth-order valence-electron chi connectivity index (χ4n) is 2.43. The molecule has 0 fully saturated rings. The predicted molar refractivity (Wildman–Crippen MR) is 90.3 cm³/mol. The van der Waals surface area contributed by atoms with E-state index >= 15 is 0 Å². The summed E-state index contributed by atoms with van der Waals surface area (Å²) in [6.07, 6.45) is 0. The Labute approximate surface area is 127 Å². The molecule has 0 saturated carbocycles. The SMILES string of the molecule is Cc1ccc(Oc2cc(C(C)C)c(N)c(C(C)C)c2)cc1. The highest BCUT2D eigenvalue weighted by molar-refractivity contribution is 5.60. The van der Waals surface area contributed by atoms with Gasteiger partial charge in [0, 0.05) is 5.69 Å². The first-order valence-corrected chi connectivity index (χ1v) is 7.56. The first-order valence-electron chi connectivity index (χ1n) is 7.56. The number of anilines is 1. The summed E-state index contributed by atoms with van der Waals surface area (Å²) in [7, 11) is 0. The maximum absolute atomic E-state index is 6.31. The Morgan fingerprint density at radius 2 is 1.29 bits per heavy atom. The van der Waals surface area contributed by atoms with Gasteiger partial charge in [-0.1, -0.05) is 45.4 Å². The van der Waals surface area contributed by atoms with Crippen LogP contribution in [0, 0.1) is 6.92 Å². The van der Waals surface area contributed by atoms with E-state index in [9.17, 15) is 0 Å². The molecule has 0 aliphatic carbocycles. The molecule has 2 aromatic rings. The van der Waals surface area contributed by atoms with Crippen molar-refractivity contribution in [1.29, 1.82) is 0 Å². The van der Waals surface area contributed by atoms with Crippen LogP contribution >= 0.6 is 0 Å². The van der Waals surface area contributed by atoms with Crippen LogP contribution in [0.1, 0.15) is 56.2 Å². The van der Waals surface area contributed by atoms with Crippen LogP contribution in [0.15, 0.2) is 36.4 Å². The van der Waals surface area contributed by atoms with Crippen LogP contribution < -0.4 is 10.5 Å². The molecule has 2 rings (SSSR count). The summed E-state index contributed by atoms with van der Waals surface area (Å²) >= 11 is 0. The third-order valence-corrected chi connectivity index (χ3v) is 3.72. The molecule has 112 valence electrons. The van der Waals surface area contributed by atoms with E-state index in [1.165, 1.54) is 5.56 Å². The molecule has 0 aromatic heterocycles. The molecule has 0 radical (unpaired) electrons. The van der Waals surface area contributed by atoms with Crippen LogP contribution in [0.25, 0.3) is 0 Å². The number of nitrogens with two attached hydrogens (primary N) is 1. The van der Waals surface area contributed by atoms with Crippen molar-refractivity contribution in [3.05, 3.63) is 53.1 Å². The molecule has 0 bridgehead atoms. The zero-order valence-corrected chi connectivity index (χ0v) is 13.6. The Morgan fingerprint density at radius 1 is 0.810 bits per heavy atom. The summed E-state index contributed by atoms with van der Waals surface area (Å²) in [4.78, 5) is 0. The minimum Gasteiger partial charge on any atom is -0.457 e. The zero-order chi connectivity index (χ0) is 15.6. The van der Waals surface area contributed by atoms with E-state index < -0.39 is 0 Å². The molecule has 0 spiro atoms. The number of nitrogen functional groups attached to an aromatic ring is 1. The lowest BCUT2D eigenvalue weighted by molar-refractivity contribution is 0.480. The van der Waals surface area contributed by atoms with E-state index in [0.717, 1.165) is 28.3 Å². The average Bonchev–Trinajstić information content (AvgIpc) is 2.42. The number of ether oxygens (including phenoxy) is 1. The second-order valence-electron chi connectivity index (χ2n) is 6.24. The van der Waals surface area contributed by atoms with Crippen LogP contribution in [-0.4, -0.2) is 0 Å². The van der Waals surface area contributed by atoms with Gasteiger partial charge in [-0.05, 0) is 54.2 Å². The van der Waals surface area contributed by atoms with Crippen molar-refractivity contribution >= 4 is 5.69 Å². The van der Waals surface area contributed by atoms with E-state index in [0.29, 0.717) is 11.8 Å². The normalized spacial score (nSPS) is 11.2. The van der Waals surface area contributed by atoms with E-state index in [4.69, 9.17) is 10.5 Å². The summed E-state index contributed by atoms with van der Waals surface area (Å²) < 4.78 is 6.01. The van der Waals surface area contributed by atoms with Gasteiger partial charge < -0.3 is 10.5 Å². The third-order valence-electron chi connectivity index (χ3n) is 3.72. The van der Waals surface area contributed by atoms with E-state index in [1.807, 2.05) is 12.1 Å². The summed E-state index contributed by atoms with van der Waals surface area (Å²) in [5.41, 5.74) is 10.7. The van der Waals surface area contributed by atoms with E-state index in [-0.39, 0.29) is 0 Å². The molecule has 0 atom stereocenters. The van der Waals surface area contributed by atoms with Crippen molar-refractivity contribution in [2.45, 2.75) is 46.5 Å². The van der Waals surface area contributed by atoms with Crippen LogP contribution in [0.5, 0.6) is 11.5 Å². The first-order chi connectivity index (χ1) is 9.88. The van der Waals surface area contributed by atoms with Gasteiger partial charge in [0.15, 0.2) is 0 Å². The maximum atomic E-state index is 6.31. The van der Waals surface area contributed by atoms with Crippen molar-refractivity contribution in [1.82, 2.24) is 0 Å². The van der Waals surface area contributed by atoms with Gasteiger partial charge in [0.2, 0.25) is 0 Å². The maximum Gasteiger partial charge on any atom is 0.128 e. The molecule has 0 unspecified atom stereocenters. The molecule has 2 nitrogen and oxygen atoms in total. The molecule has 0 amide bonds. The number of hydrogen-bond donors (Lipinski definition) is 1. The average molecular weight is 283 g/mol. The summed E-state index contributed by atoms with van der Waals surface area (Å²) in [6.45, 7) is 10.7. The minimum absolute atomic E-state index is 0.379. The Balaban J connectivity index is 2.41. The first kappa shape index (κ1) is 15.4. The molecule has 2 N–H and O–H groups in total. The Bertz CT molecular complexity index is 583. The second-order valence-corrected chi connectivity index (χ2v) is 6.24. The molecule has 2 aromatic carbocycles. The largest absolute Gasteiger partial charge is 0.457 e. The van der Waals surface area contributed by atoms with Gasteiger partial charge in [-0.25, -0.2) is 0 Å². The van der Waals surface area contributed by atoms with E-state index in [1.54, 1.807) is 0 Å². The Morgan fingerprint density at radius 3 is 1.71 bits per heavy atom. The fourth-order valence-corrected chi connectivity index (χ4v) is 2.43. The highest BCUT2D eigenvalue weighted by Gasteiger charge is 2.14. The van der Waals surface area contributed by atoms with Gasteiger partial charge >= 0.3 is 0 Å². The van der Waals surface area contributed by atoms with Gasteiger partial charge in [0.1, 0.15) is 11.5 Å². The molecule has 0 heterocycles. The molecule has 0 saturated heterocycles. The molecule has 2 heteroatoms. The highest BCUT2D eigenvalue weighted by Crippen LogP contribution is 2.35. The molecule has 0 aliphatic rings. The monoisotopic (exact) mass is 283 g/mol. The van der Waals surface area contributed by atoms with Crippen molar-refractivity contribution in [3.63, 3.8) is 0 Å². The van der Waals surface area contributed by atoms with Gasteiger partial charge in [-0.3, -0.25) is 0 Å². The van der Waals surface area contributed by atoms with Crippen LogP contribution in [0.4, 0.5) is 5.69 Å². The number of aryl methyl sites for hydroxylation is 1. The summed E-state index contributed by atoms with van der Waals surface area (Å²) in [6, 6.07) is 12.2. The lowest BCUT2D eigenvalue weighted by Gasteiger charge is -2.19. The number of benzene rings is 2. The molecule has 21 heavy (non-hydrogen) atoms. The van der Waals surface area contributed by atoms with Gasteiger partial charge in [-0.15, -0.1) is 0 Å². The van der Waals surface area contributed by atoms with Crippen molar-refractivity contribution in [2.24, 2.45) is 0 Å². The van der Waals surface area contributed by atoms with Crippen molar-refractivity contribution in [2.75, 3.05) is 5.73 Å². The minimum atomic E-state index is 0.379. The van der Waals surface area contributed by atoms with Gasteiger partial charge in [-0.2, -0.15) is 0 Å². The Hall–Kier alpha value is -1.96. The predicted octanol–water partition coefficient (Wildman–Crippen LogP) is 5.62. The van der Waals surface area contributed by atoms with Crippen LogP contribution in [0.3, 0.4) is 0 Å². The fraction of sp³-hybridized carbons (Fsp3) is 0.368. The standard InChI is InChI=1S/C19H25NO/c1-12(2)17-10-16(11-18(13(3)4)19(17)20)21-15-8-6-14(5)7-9-15/h6-13H,20H2,1-5H3. The number of hydrogen-bond acceptors (Lipinski definition) is 2. The lowest BCUT2D eigenvalue weighted by Crippen LogP contribution is -2.04. The van der Waals surface area contributed by atoms with Crippen molar-refractivity contribution < 1.29 is 4.74 Å². The molecule has 0 aliphatic heterocycles. The highest BCUT2D eigenvalue weighted by atomic mass is 16.5. The quantitative estimate of drug-likeness (QED) is 0.739. The zero-order valence-electron chi connectivity index (χ0n) is 13.6. The summed E-state index contributed by atoms with van der Waals surface area (Å²) in [5, 5.41) is 0. The molecular weight excluding hydrogens is 258 g/mol. The van der Waals surface area contributed by atoms with Crippen LogP contribution in [0.2, 0.25) is 0 Å². The third kappa shape index (κ3) is 3.57. The smallest absolute Gasteiger partial charge is 0.128 e. The summed E-state index contributed by atoms with van der Waals surface area (Å²) in [5.74, 6) is 2.48. The number of rotatable bonds is 4. The molecular formula is C19H25NO. The lowest BCUT2D eigenvalue weighted by atomic mass is 9.92. The van der Waals surface area contributed by atoms with Gasteiger partial charge in [0.25, 0.3) is 0 Å². The second kappa shape index (κ2) is 6.21. The van der Waals surface area contributed by atoms with E-state index in [2.05, 4.69) is 58.9 Å². The van der Waals surface area contributed by atoms with Crippen molar-refractivity contribution in [3.8, 4) is 11.5 Å². The Kier molecular flexibility index (Phi) is 4.56. The topological polar surface area (TPSA) is 35.2 Å². The van der Waals surface area contributed by atoms with Crippen LogP contribution in [-0.2, 0) is 0 Å². The van der Waals surface area contributed by atoms with Gasteiger partial charge in [0.05, 0.1) is 0 Å².